The van der Waals surface area contributed by atoms with E-state index < -0.39 is 0 Å². The van der Waals surface area contributed by atoms with Gasteiger partial charge in [0, 0.05) is 58.1 Å². The summed E-state index contributed by atoms with van der Waals surface area (Å²) in [6.07, 6.45) is 3.51. The second kappa shape index (κ2) is 14.1. The van der Waals surface area contributed by atoms with E-state index in [0.29, 0.717) is 18.6 Å². The number of hydrogen-bond acceptors (Lipinski definition) is 5. The van der Waals surface area contributed by atoms with Crippen LogP contribution in [0.5, 0.6) is 0 Å². The third-order valence-corrected chi connectivity index (χ3v) is 5.45. The molecule has 1 aliphatic heterocycles. The molecular weight excluding hydrogens is 503 g/mol. The van der Waals surface area contributed by atoms with Crippen molar-refractivity contribution in [2.24, 2.45) is 4.99 Å². The molecule has 0 saturated carbocycles. The highest BCUT2D eigenvalue weighted by molar-refractivity contribution is 14.0. The molecule has 0 amide bonds. The predicted molar refractivity (Wildman–Crippen MR) is 142 cm³/mol. The first-order chi connectivity index (χ1) is 14.3. The van der Waals surface area contributed by atoms with Gasteiger partial charge in [-0.1, -0.05) is 6.07 Å². The highest BCUT2D eigenvalue weighted by atomic mass is 127. The molecule has 0 aliphatic carbocycles. The summed E-state index contributed by atoms with van der Waals surface area (Å²) in [5.74, 6) is 1.85. The van der Waals surface area contributed by atoms with Crippen LogP contribution in [0.2, 0.25) is 0 Å². The van der Waals surface area contributed by atoms with Crippen LogP contribution < -0.4 is 15.5 Å². The highest BCUT2D eigenvalue weighted by Crippen LogP contribution is 2.18. The molecule has 0 spiro atoms. The molecular formula is C23H43IN6O. The first kappa shape index (κ1) is 27.9. The lowest BCUT2D eigenvalue weighted by Crippen LogP contribution is -2.45. The van der Waals surface area contributed by atoms with Gasteiger partial charge in [0.1, 0.15) is 5.82 Å². The Balaban J connectivity index is 0.00000480. The number of guanidine groups is 1. The van der Waals surface area contributed by atoms with E-state index in [1.54, 1.807) is 0 Å². The third-order valence-electron chi connectivity index (χ3n) is 5.45. The molecule has 2 atom stereocenters. The van der Waals surface area contributed by atoms with Crippen molar-refractivity contribution in [1.82, 2.24) is 20.5 Å². The molecule has 8 heteroatoms. The fourth-order valence-corrected chi connectivity index (χ4v) is 4.06. The van der Waals surface area contributed by atoms with Crippen LogP contribution in [0.25, 0.3) is 0 Å². The lowest BCUT2D eigenvalue weighted by molar-refractivity contribution is -0.00545. The van der Waals surface area contributed by atoms with Crippen LogP contribution in [0.1, 0.15) is 53.5 Å². The van der Waals surface area contributed by atoms with Crippen molar-refractivity contribution in [3.63, 3.8) is 0 Å². The summed E-state index contributed by atoms with van der Waals surface area (Å²) in [6.45, 7) is 17.7. The van der Waals surface area contributed by atoms with Gasteiger partial charge in [-0.2, -0.15) is 0 Å². The zero-order valence-corrected chi connectivity index (χ0v) is 22.7. The fourth-order valence-electron chi connectivity index (χ4n) is 4.06. The number of aromatic nitrogens is 1. The van der Waals surface area contributed by atoms with E-state index in [4.69, 9.17) is 4.74 Å². The van der Waals surface area contributed by atoms with Crippen LogP contribution in [0, 0.1) is 0 Å². The summed E-state index contributed by atoms with van der Waals surface area (Å²) in [5.41, 5.74) is 1.14. The first-order valence-electron chi connectivity index (χ1n) is 11.4. The van der Waals surface area contributed by atoms with E-state index in [1.807, 2.05) is 13.2 Å². The Bertz CT molecular complexity index is 634. The van der Waals surface area contributed by atoms with Crippen molar-refractivity contribution in [2.75, 3.05) is 38.1 Å². The zero-order valence-electron chi connectivity index (χ0n) is 20.4. The summed E-state index contributed by atoms with van der Waals surface area (Å²) in [6, 6.07) is 5.38. The van der Waals surface area contributed by atoms with Gasteiger partial charge in [-0.15, -0.1) is 24.0 Å². The van der Waals surface area contributed by atoms with Crippen molar-refractivity contribution in [3.05, 3.63) is 23.9 Å². The van der Waals surface area contributed by atoms with E-state index in [-0.39, 0.29) is 36.2 Å². The fraction of sp³-hybridized carbons (Fsp3) is 0.739. The molecule has 2 rings (SSSR count). The van der Waals surface area contributed by atoms with Crippen molar-refractivity contribution < 1.29 is 4.74 Å². The minimum atomic E-state index is 0. The zero-order chi connectivity index (χ0) is 22.1. The molecule has 31 heavy (non-hydrogen) atoms. The molecule has 7 nitrogen and oxygen atoms in total. The van der Waals surface area contributed by atoms with Gasteiger partial charge in [-0.3, -0.25) is 9.89 Å². The molecule has 0 radical (unpaired) electrons. The van der Waals surface area contributed by atoms with E-state index in [9.17, 15) is 0 Å². The largest absolute Gasteiger partial charge is 0.372 e. The van der Waals surface area contributed by atoms with Crippen LogP contribution in [-0.4, -0.2) is 73.4 Å². The number of aliphatic imine (C=N–C) groups is 1. The molecule has 2 N–H and O–H groups in total. The maximum atomic E-state index is 5.81. The number of halogens is 1. The minimum absolute atomic E-state index is 0. The Morgan fingerprint density at radius 1 is 1.16 bits per heavy atom. The van der Waals surface area contributed by atoms with Crippen molar-refractivity contribution in [2.45, 2.75) is 78.8 Å². The standard InChI is InChI=1S/C23H42N6O.HI/c1-17(2)29(18(3)4)12-8-11-25-23(24-7)27-14-21-9-10-22(26-13-21)28-15-19(5)30-20(6)16-28;/h9-10,13,17-20H,8,11-12,14-16H2,1-7H3,(H2,24,25,27);1H. The molecule has 2 heterocycles. The predicted octanol–water partition coefficient (Wildman–Crippen LogP) is 3.49. The monoisotopic (exact) mass is 546 g/mol. The van der Waals surface area contributed by atoms with Gasteiger partial charge in [0.05, 0.1) is 12.2 Å². The number of hydrogen-bond donors (Lipinski definition) is 2. The maximum Gasteiger partial charge on any atom is 0.191 e. The lowest BCUT2D eigenvalue weighted by atomic mass is 10.2. The second-order valence-electron chi connectivity index (χ2n) is 8.82. The molecule has 2 unspecified atom stereocenters. The van der Waals surface area contributed by atoms with Crippen LogP contribution in [0.15, 0.2) is 23.3 Å². The summed E-state index contributed by atoms with van der Waals surface area (Å²) in [5, 5.41) is 6.80. The van der Waals surface area contributed by atoms with Crippen molar-refractivity contribution >= 4 is 35.8 Å². The van der Waals surface area contributed by atoms with Crippen LogP contribution in [0.3, 0.4) is 0 Å². The minimum Gasteiger partial charge on any atom is -0.372 e. The maximum absolute atomic E-state index is 5.81. The van der Waals surface area contributed by atoms with E-state index in [2.05, 4.69) is 84.1 Å². The van der Waals surface area contributed by atoms with Gasteiger partial charge in [-0.25, -0.2) is 4.98 Å². The Labute approximate surface area is 206 Å². The average molecular weight is 547 g/mol. The lowest BCUT2D eigenvalue weighted by Gasteiger charge is -2.36. The topological polar surface area (TPSA) is 65.0 Å². The van der Waals surface area contributed by atoms with Gasteiger partial charge in [0.25, 0.3) is 0 Å². The van der Waals surface area contributed by atoms with E-state index >= 15 is 0 Å². The summed E-state index contributed by atoms with van der Waals surface area (Å²) in [7, 11) is 1.81. The molecule has 1 saturated heterocycles. The van der Waals surface area contributed by atoms with Crippen molar-refractivity contribution in [1.29, 1.82) is 0 Å². The number of pyridine rings is 1. The summed E-state index contributed by atoms with van der Waals surface area (Å²) in [4.78, 5) is 13.8. The van der Waals surface area contributed by atoms with Crippen LogP contribution >= 0.6 is 24.0 Å². The number of nitrogens with one attached hydrogen (secondary N) is 2. The first-order valence-corrected chi connectivity index (χ1v) is 11.4. The van der Waals surface area contributed by atoms with Crippen LogP contribution in [0.4, 0.5) is 5.82 Å². The van der Waals surface area contributed by atoms with E-state index in [0.717, 1.165) is 49.9 Å². The van der Waals surface area contributed by atoms with Gasteiger partial charge in [0.2, 0.25) is 0 Å². The third kappa shape index (κ3) is 9.49. The normalized spacial score (nSPS) is 19.7. The molecule has 178 valence electrons. The van der Waals surface area contributed by atoms with Gasteiger partial charge < -0.3 is 20.3 Å². The molecule has 0 bridgehead atoms. The van der Waals surface area contributed by atoms with Gasteiger partial charge in [-0.05, 0) is 59.6 Å². The van der Waals surface area contributed by atoms with E-state index in [1.165, 1.54) is 0 Å². The number of morpholine rings is 1. The molecule has 1 aromatic rings. The number of rotatable bonds is 9. The molecule has 1 fully saturated rings. The van der Waals surface area contributed by atoms with Crippen LogP contribution in [-0.2, 0) is 11.3 Å². The van der Waals surface area contributed by atoms with Crippen molar-refractivity contribution in [3.8, 4) is 0 Å². The Morgan fingerprint density at radius 2 is 1.81 bits per heavy atom. The summed E-state index contributed by atoms with van der Waals surface area (Å²) >= 11 is 0. The molecule has 1 aromatic heterocycles. The Kier molecular flexibility index (Phi) is 12.7. The second-order valence-corrected chi connectivity index (χ2v) is 8.82. The van der Waals surface area contributed by atoms with Gasteiger partial charge in [0.15, 0.2) is 5.96 Å². The average Bonchev–Trinajstić information content (AvgIpc) is 2.69. The smallest absolute Gasteiger partial charge is 0.191 e. The number of anilines is 1. The summed E-state index contributed by atoms with van der Waals surface area (Å²) < 4.78 is 5.81. The highest BCUT2D eigenvalue weighted by Gasteiger charge is 2.23. The number of ether oxygens (including phenoxy) is 1. The Morgan fingerprint density at radius 3 is 2.32 bits per heavy atom. The molecule has 0 aromatic carbocycles. The molecule has 1 aliphatic rings. The van der Waals surface area contributed by atoms with Gasteiger partial charge >= 0.3 is 0 Å². The quantitative estimate of drug-likeness (QED) is 0.214. The Hall–Kier alpha value is -1.13. The SMILES string of the molecule is CN=C(NCCCN(C(C)C)C(C)C)NCc1ccc(N2CC(C)OC(C)C2)nc1.I. The number of nitrogens with zero attached hydrogens (tertiary/aromatic N) is 4.